The van der Waals surface area contributed by atoms with Gasteiger partial charge in [0.2, 0.25) is 0 Å². The number of hydrogen-bond acceptors (Lipinski definition) is 4. The van der Waals surface area contributed by atoms with Crippen molar-refractivity contribution in [2.45, 2.75) is 20.5 Å². The van der Waals surface area contributed by atoms with Crippen molar-refractivity contribution in [3.63, 3.8) is 0 Å². The van der Waals surface area contributed by atoms with Crippen molar-refractivity contribution in [2.75, 3.05) is 6.61 Å². The Bertz CT molecular complexity index is 436. The molecule has 0 atom stereocenters. The lowest BCUT2D eigenvalue weighted by Crippen LogP contribution is -1.99. The number of non-ortho nitro benzene ring substituents is 1. The molecule has 17 heavy (non-hydrogen) atoms. The summed E-state index contributed by atoms with van der Waals surface area (Å²) in [6.07, 6.45) is 1.89. The van der Waals surface area contributed by atoms with Gasteiger partial charge in [-0.2, -0.15) is 0 Å². The van der Waals surface area contributed by atoms with Gasteiger partial charge < -0.3 is 9.84 Å². The highest BCUT2D eigenvalue weighted by atomic mass is 16.6. The summed E-state index contributed by atoms with van der Waals surface area (Å²) in [6.45, 7) is 4.00. The highest BCUT2D eigenvalue weighted by Crippen LogP contribution is 2.24. The van der Waals surface area contributed by atoms with Crippen LogP contribution in [0.3, 0.4) is 0 Å². The number of rotatable bonds is 5. The van der Waals surface area contributed by atoms with Gasteiger partial charge >= 0.3 is 0 Å². The molecule has 0 aliphatic rings. The fourth-order valence-corrected chi connectivity index (χ4v) is 1.24. The highest BCUT2D eigenvalue weighted by Gasteiger charge is 2.10. The quantitative estimate of drug-likeness (QED) is 0.485. The number of nitro benzene ring substituents is 1. The topological polar surface area (TPSA) is 72.6 Å². The molecule has 0 aliphatic carbocycles. The van der Waals surface area contributed by atoms with E-state index in [1.165, 1.54) is 18.2 Å². The van der Waals surface area contributed by atoms with Gasteiger partial charge in [0.15, 0.2) is 0 Å². The number of aliphatic hydroxyl groups excluding tert-OH is 1. The molecule has 0 unspecified atom stereocenters. The Hall–Kier alpha value is -1.88. The molecule has 1 aromatic carbocycles. The second kappa shape index (κ2) is 6.00. The van der Waals surface area contributed by atoms with Crippen LogP contribution in [-0.2, 0) is 6.61 Å². The zero-order valence-corrected chi connectivity index (χ0v) is 9.84. The molecule has 0 aromatic heterocycles. The molecule has 0 spiro atoms. The molecule has 0 saturated heterocycles. The van der Waals surface area contributed by atoms with Crippen molar-refractivity contribution in [3.8, 4) is 5.75 Å². The molecule has 1 aromatic rings. The predicted octanol–water partition coefficient (Wildman–Crippen LogP) is 2.43. The number of ether oxygens (including phenoxy) is 1. The second-order valence-corrected chi connectivity index (χ2v) is 3.80. The van der Waals surface area contributed by atoms with E-state index in [1.54, 1.807) is 0 Å². The van der Waals surface area contributed by atoms with E-state index in [9.17, 15) is 10.1 Å². The summed E-state index contributed by atoms with van der Waals surface area (Å²) in [4.78, 5) is 10.1. The summed E-state index contributed by atoms with van der Waals surface area (Å²) in [5.74, 6) is 0.468. The van der Waals surface area contributed by atoms with Gasteiger partial charge in [0.25, 0.3) is 5.69 Å². The number of nitrogens with zero attached hydrogens (tertiary/aromatic N) is 1. The Morgan fingerprint density at radius 2 is 2.24 bits per heavy atom. The van der Waals surface area contributed by atoms with E-state index in [0.717, 1.165) is 5.57 Å². The summed E-state index contributed by atoms with van der Waals surface area (Å²) in [6, 6.07) is 4.18. The van der Waals surface area contributed by atoms with Crippen LogP contribution in [0.15, 0.2) is 29.8 Å². The second-order valence-electron chi connectivity index (χ2n) is 3.80. The van der Waals surface area contributed by atoms with Crippen LogP contribution in [0.25, 0.3) is 0 Å². The third-order valence-electron chi connectivity index (χ3n) is 2.16. The van der Waals surface area contributed by atoms with Gasteiger partial charge in [-0.25, -0.2) is 0 Å². The molecule has 0 saturated carbocycles. The molecular weight excluding hydrogens is 222 g/mol. The van der Waals surface area contributed by atoms with Gasteiger partial charge in [0.1, 0.15) is 12.4 Å². The first kappa shape index (κ1) is 13.2. The summed E-state index contributed by atoms with van der Waals surface area (Å²) < 4.78 is 5.41. The third-order valence-corrected chi connectivity index (χ3v) is 2.16. The Kier molecular flexibility index (Phi) is 4.66. The number of hydrogen-bond donors (Lipinski definition) is 1. The minimum atomic E-state index is -0.501. The van der Waals surface area contributed by atoms with E-state index in [1.807, 2.05) is 19.9 Å². The van der Waals surface area contributed by atoms with Crippen LogP contribution >= 0.6 is 0 Å². The standard InChI is InChI=1S/C12H15NO4/c1-9(2)5-6-17-12-4-3-11(13(15)16)7-10(12)8-14/h3-5,7,14H,6,8H2,1-2H3. The lowest BCUT2D eigenvalue weighted by Gasteiger charge is -2.08. The van der Waals surface area contributed by atoms with Crippen LogP contribution in [0.1, 0.15) is 19.4 Å². The Morgan fingerprint density at radius 3 is 2.76 bits per heavy atom. The van der Waals surface area contributed by atoms with E-state index < -0.39 is 4.92 Å². The van der Waals surface area contributed by atoms with Gasteiger partial charge in [-0.3, -0.25) is 10.1 Å². The average Bonchev–Trinajstić information content (AvgIpc) is 2.28. The summed E-state index contributed by atoms with van der Waals surface area (Å²) in [5, 5.41) is 19.7. The SMILES string of the molecule is CC(C)=CCOc1ccc([N+](=O)[O-])cc1CO. The lowest BCUT2D eigenvalue weighted by molar-refractivity contribution is -0.385. The number of aliphatic hydroxyl groups is 1. The van der Waals surface area contributed by atoms with Crippen molar-refractivity contribution in [2.24, 2.45) is 0 Å². The number of nitro groups is 1. The lowest BCUT2D eigenvalue weighted by atomic mass is 10.2. The minimum Gasteiger partial charge on any atom is -0.489 e. The molecule has 5 heteroatoms. The van der Waals surface area contributed by atoms with Crippen LogP contribution in [0.4, 0.5) is 5.69 Å². The highest BCUT2D eigenvalue weighted by molar-refractivity contribution is 5.43. The Labute approximate surface area is 99.5 Å². The molecule has 0 fully saturated rings. The fraction of sp³-hybridized carbons (Fsp3) is 0.333. The van der Waals surface area contributed by atoms with E-state index in [-0.39, 0.29) is 12.3 Å². The summed E-state index contributed by atoms with van der Waals surface area (Å²) in [7, 11) is 0. The van der Waals surface area contributed by atoms with Crippen molar-refractivity contribution in [1.82, 2.24) is 0 Å². The van der Waals surface area contributed by atoms with Gasteiger partial charge in [-0.05, 0) is 26.0 Å². The van der Waals surface area contributed by atoms with E-state index in [0.29, 0.717) is 17.9 Å². The first-order chi connectivity index (χ1) is 8.04. The van der Waals surface area contributed by atoms with Crippen LogP contribution in [0, 0.1) is 10.1 Å². The van der Waals surface area contributed by atoms with Crippen molar-refractivity contribution < 1.29 is 14.8 Å². The maximum Gasteiger partial charge on any atom is 0.270 e. The first-order valence-corrected chi connectivity index (χ1v) is 5.19. The van der Waals surface area contributed by atoms with Crippen LogP contribution < -0.4 is 4.74 Å². The molecule has 0 heterocycles. The average molecular weight is 237 g/mol. The molecule has 5 nitrogen and oxygen atoms in total. The Morgan fingerprint density at radius 1 is 1.53 bits per heavy atom. The smallest absolute Gasteiger partial charge is 0.270 e. The van der Waals surface area contributed by atoms with Crippen LogP contribution in [-0.4, -0.2) is 16.6 Å². The van der Waals surface area contributed by atoms with Crippen molar-refractivity contribution >= 4 is 5.69 Å². The fourth-order valence-electron chi connectivity index (χ4n) is 1.24. The van der Waals surface area contributed by atoms with E-state index in [2.05, 4.69) is 0 Å². The first-order valence-electron chi connectivity index (χ1n) is 5.19. The maximum atomic E-state index is 10.6. The molecular formula is C12H15NO4. The molecule has 1 rings (SSSR count). The van der Waals surface area contributed by atoms with E-state index >= 15 is 0 Å². The maximum absolute atomic E-state index is 10.6. The predicted molar refractivity (Wildman–Crippen MR) is 63.9 cm³/mol. The summed E-state index contributed by atoms with van der Waals surface area (Å²) in [5.41, 5.74) is 1.49. The van der Waals surface area contributed by atoms with Gasteiger partial charge in [0, 0.05) is 17.7 Å². The third kappa shape index (κ3) is 3.88. The van der Waals surface area contributed by atoms with Gasteiger partial charge in [-0.1, -0.05) is 5.57 Å². The normalized spacial score (nSPS) is 9.82. The monoisotopic (exact) mass is 237 g/mol. The molecule has 0 radical (unpaired) electrons. The Balaban J connectivity index is 2.85. The largest absolute Gasteiger partial charge is 0.489 e. The number of allylic oxidation sites excluding steroid dienone is 1. The van der Waals surface area contributed by atoms with Crippen molar-refractivity contribution in [3.05, 3.63) is 45.5 Å². The number of benzene rings is 1. The van der Waals surface area contributed by atoms with Crippen LogP contribution in [0.5, 0.6) is 5.75 Å². The van der Waals surface area contributed by atoms with E-state index in [4.69, 9.17) is 9.84 Å². The summed E-state index contributed by atoms with van der Waals surface area (Å²) >= 11 is 0. The van der Waals surface area contributed by atoms with Crippen molar-refractivity contribution in [1.29, 1.82) is 0 Å². The van der Waals surface area contributed by atoms with Gasteiger partial charge in [0.05, 0.1) is 11.5 Å². The van der Waals surface area contributed by atoms with Gasteiger partial charge in [-0.15, -0.1) is 0 Å². The zero-order valence-electron chi connectivity index (χ0n) is 9.84. The molecule has 1 N–H and O–H groups in total. The molecule has 0 amide bonds. The molecule has 92 valence electrons. The molecule has 0 aliphatic heterocycles. The molecule has 0 bridgehead atoms. The minimum absolute atomic E-state index is 0.0522. The van der Waals surface area contributed by atoms with Crippen LogP contribution in [0.2, 0.25) is 0 Å². The zero-order chi connectivity index (χ0) is 12.8.